The molecule has 0 bridgehead atoms. The maximum atomic E-state index is 13.7. The van der Waals surface area contributed by atoms with Crippen LogP contribution in [0.1, 0.15) is 37.8 Å². The second-order valence-corrected chi connectivity index (χ2v) is 4.83. The van der Waals surface area contributed by atoms with Gasteiger partial charge in [0, 0.05) is 18.2 Å². The lowest BCUT2D eigenvalue weighted by Crippen LogP contribution is -2.32. The largest absolute Gasteiger partial charge is 0.312 e. The quantitative estimate of drug-likeness (QED) is 0.715. The van der Waals surface area contributed by atoms with E-state index in [1.54, 1.807) is 6.07 Å². The van der Waals surface area contributed by atoms with Gasteiger partial charge in [-0.15, -0.1) is 0 Å². The van der Waals surface area contributed by atoms with Crippen LogP contribution >= 0.6 is 0 Å². The lowest BCUT2D eigenvalue weighted by atomic mass is 10.1. The normalized spacial score (nSPS) is 12.9. The highest BCUT2D eigenvalue weighted by Crippen LogP contribution is 2.17. The van der Waals surface area contributed by atoms with Crippen LogP contribution in [0.5, 0.6) is 0 Å². The molecule has 2 nitrogen and oxygen atoms in total. The van der Waals surface area contributed by atoms with Crippen LogP contribution in [-0.2, 0) is 0 Å². The molecule has 1 N–H and O–H groups in total. The highest BCUT2D eigenvalue weighted by Gasteiger charge is 2.15. The van der Waals surface area contributed by atoms with Crippen molar-refractivity contribution in [1.29, 1.82) is 0 Å². The summed E-state index contributed by atoms with van der Waals surface area (Å²) in [5.74, 6) is -0.126. The van der Waals surface area contributed by atoms with Crippen LogP contribution in [-0.4, -0.2) is 32.1 Å². The van der Waals surface area contributed by atoms with Crippen LogP contribution < -0.4 is 5.32 Å². The molecule has 0 saturated carbocycles. The molecular weight excluding hydrogens is 227 g/mol. The number of unbranched alkanes of at least 4 members (excludes halogenated alkanes) is 2. The molecule has 0 saturated heterocycles. The first-order valence-electron chi connectivity index (χ1n) is 6.79. The van der Waals surface area contributed by atoms with E-state index < -0.39 is 0 Å². The third-order valence-electron chi connectivity index (χ3n) is 3.27. The van der Waals surface area contributed by atoms with Gasteiger partial charge >= 0.3 is 0 Å². The van der Waals surface area contributed by atoms with Crippen molar-refractivity contribution < 1.29 is 4.39 Å². The van der Waals surface area contributed by atoms with E-state index in [1.807, 2.05) is 19.2 Å². The molecule has 0 aliphatic rings. The van der Waals surface area contributed by atoms with Crippen molar-refractivity contribution in [3.05, 3.63) is 35.6 Å². The van der Waals surface area contributed by atoms with E-state index in [0.717, 1.165) is 18.7 Å². The van der Waals surface area contributed by atoms with Crippen molar-refractivity contribution in [3.63, 3.8) is 0 Å². The third kappa shape index (κ3) is 4.75. The Morgan fingerprint density at radius 2 is 2.00 bits per heavy atom. The predicted octanol–water partition coefficient (Wildman–Crippen LogP) is 3.21. The molecule has 1 rings (SSSR count). The second kappa shape index (κ2) is 8.22. The monoisotopic (exact) mass is 252 g/mol. The SMILES string of the molecule is CCCCCN(C)CC(NC)c1ccccc1F. The molecule has 0 aliphatic heterocycles. The highest BCUT2D eigenvalue weighted by molar-refractivity contribution is 5.21. The number of halogens is 1. The molecule has 1 aromatic carbocycles. The Kier molecular flexibility index (Phi) is 6.91. The number of rotatable bonds is 8. The van der Waals surface area contributed by atoms with Crippen molar-refractivity contribution in [3.8, 4) is 0 Å². The Balaban J connectivity index is 2.54. The van der Waals surface area contributed by atoms with Crippen LogP contribution in [0.15, 0.2) is 24.3 Å². The van der Waals surface area contributed by atoms with E-state index in [2.05, 4.69) is 24.2 Å². The molecule has 102 valence electrons. The van der Waals surface area contributed by atoms with Crippen LogP contribution in [0.2, 0.25) is 0 Å². The Morgan fingerprint density at radius 3 is 2.61 bits per heavy atom. The number of hydrogen-bond acceptors (Lipinski definition) is 2. The molecule has 0 aliphatic carbocycles. The summed E-state index contributed by atoms with van der Waals surface area (Å²) < 4.78 is 13.7. The molecule has 0 radical (unpaired) electrons. The average Bonchev–Trinajstić information content (AvgIpc) is 2.37. The Labute approximate surface area is 110 Å². The fourth-order valence-corrected chi connectivity index (χ4v) is 2.14. The van der Waals surface area contributed by atoms with Gasteiger partial charge in [0.2, 0.25) is 0 Å². The second-order valence-electron chi connectivity index (χ2n) is 4.83. The van der Waals surface area contributed by atoms with Crippen molar-refractivity contribution in [2.75, 3.05) is 27.2 Å². The first-order chi connectivity index (χ1) is 8.69. The van der Waals surface area contributed by atoms with Crippen LogP contribution in [0.25, 0.3) is 0 Å². The summed E-state index contributed by atoms with van der Waals surface area (Å²) in [5, 5.41) is 3.20. The highest BCUT2D eigenvalue weighted by atomic mass is 19.1. The molecule has 18 heavy (non-hydrogen) atoms. The third-order valence-corrected chi connectivity index (χ3v) is 3.27. The van der Waals surface area contributed by atoms with Crippen molar-refractivity contribution in [1.82, 2.24) is 10.2 Å². The number of hydrogen-bond donors (Lipinski definition) is 1. The molecule has 1 unspecified atom stereocenters. The van der Waals surface area contributed by atoms with Crippen LogP contribution in [0.3, 0.4) is 0 Å². The average molecular weight is 252 g/mol. The van der Waals surface area contributed by atoms with Crippen molar-refractivity contribution in [2.24, 2.45) is 0 Å². The van der Waals surface area contributed by atoms with Gasteiger partial charge in [-0.1, -0.05) is 38.0 Å². The fraction of sp³-hybridized carbons (Fsp3) is 0.600. The molecular formula is C15H25FN2. The zero-order valence-electron chi connectivity index (χ0n) is 11.7. The van der Waals surface area contributed by atoms with Crippen LogP contribution in [0, 0.1) is 5.82 Å². The summed E-state index contributed by atoms with van der Waals surface area (Å²) >= 11 is 0. The number of likely N-dealkylation sites (N-methyl/N-ethyl adjacent to an activating group) is 2. The molecule has 0 spiro atoms. The number of nitrogens with one attached hydrogen (secondary N) is 1. The summed E-state index contributed by atoms with van der Waals surface area (Å²) in [6.45, 7) is 4.11. The van der Waals surface area contributed by atoms with E-state index in [1.165, 1.54) is 25.3 Å². The summed E-state index contributed by atoms with van der Waals surface area (Å²) in [4.78, 5) is 2.27. The van der Waals surface area contributed by atoms with E-state index in [4.69, 9.17) is 0 Å². The fourth-order valence-electron chi connectivity index (χ4n) is 2.14. The topological polar surface area (TPSA) is 15.3 Å². The molecule has 1 aromatic rings. The minimum atomic E-state index is -0.126. The summed E-state index contributed by atoms with van der Waals surface area (Å²) in [5.41, 5.74) is 0.752. The zero-order valence-corrected chi connectivity index (χ0v) is 11.7. The van der Waals surface area contributed by atoms with E-state index >= 15 is 0 Å². The zero-order chi connectivity index (χ0) is 13.4. The lowest BCUT2D eigenvalue weighted by molar-refractivity contribution is 0.287. The number of nitrogens with zero attached hydrogens (tertiary/aromatic N) is 1. The van der Waals surface area contributed by atoms with Gasteiger partial charge in [0.05, 0.1) is 0 Å². The van der Waals surface area contributed by atoms with Crippen molar-refractivity contribution >= 4 is 0 Å². The van der Waals surface area contributed by atoms with Gasteiger partial charge in [0.1, 0.15) is 5.82 Å². The van der Waals surface area contributed by atoms with Crippen LogP contribution in [0.4, 0.5) is 4.39 Å². The summed E-state index contributed by atoms with van der Waals surface area (Å²) in [6.07, 6.45) is 3.70. The van der Waals surface area contributed by atoms with E-state index in [9.17, 15) is 4.39 Å². The standard InChI is InChI=1S/C15H25FN2/c1-4-5-8-11-18(3)12-15(17-2)13-9-6-7-10-14(13)16/h6-7,9-10,15,17H,4-5,8,11-12H2,1-3H3. The molecule has 0 amide bonds. The maximum Gasteiger partial charge on any atom is 0.128 e. The molecule has 0 aromatic heterocycles. The predicted molar refractivity (Wildman–Crippen MR) is 75.2 cm³/mol. The Morgan fingerprint density at radius 1 is 1.28 bits per heavy atom. The molecule has 1 atom stereocenters. The minimum absolute atomic E-state index is 0.0535. The molecule has 0 fully saturated rings. The van der Waals surface area contributed by atoms with Gasteiger partial charge in [-0.25, -0.2) is 4.39 Å². The van der Waals surface area contributed by atoms with Gasteiger partial charge in [0.25, 0.3) is 0 Å². The molecule has 3 heteroatoms. The summed E-state index contributed by atoms with van der Waals surface area (Å²) in [7, 11) is 3.98. The first-order valence-corrected chi connectivity index (χ1v) is 6.79. The lowest BCUT2D eigenvalue weighted by Gasteiger charge is -2.24. The molecule has 0 heterocycles. The number of benzene rings is 1. The van der Waals surface area contributed by atoms with Gasteiger partial charge in [-0.2, -0.15) is 0 Å². The van der Waals surface area contributed by atoms with Gasteiger partial charge in [-0.3, -0.25) is 0 Å². The first kappa shape index (κ1) is 15.1. The van der Waals surface area contributed by atoms with Gasteiger partial charge < -0.3 is 10.2 Å². The maximum absolute atomic E-state index is 13.7. The summed E-state index contributed by atoms with van der Waals surface area (Å²) in [6, 6.07) is 7.06. The smallest absolute Gasteiger partial charge is 0.128 e. The van der Waals surface area contributed by atoms with E-state index in [-0.39, 0.29) is 11.9 Å². The minimum Gasteiger partial charge on any atom is -0.312 e. The van der Waals surface area contributed by atoms with Gasteiger partial charge in [-0.05, 0) is 33.1 Å². The Hall–Kier alpha value is -0.930. The van der Waals surface area contributed by atoms with Gasteiger partial charge in [0.15, 0.2) is 0 Å². The van der Waals surface area contributed by atoms with Crippen molar-refractivity contribution in [2.45, 2.75) is 32.2 Å². The Bertz CT molecular complexity index is 341. The van der Waals surface area contributed by atoms with E-state index in [0.29, 0.717) is 0 Å².